The van der Waals surface area contributed by atoms with Gasteiger partial charge in [0, 0.05) is 24.8 Å². The SMILES string of the molecule is CN(Cc1cccc(F)c1)c1cccc(C(N)=S)c1. The van der Waals surface area contributed by atoms with E-state index in [4.69, 9.17) is 18.0 Å². The van der Waals surface area contributed by atoms with Crippen molar-refractivity contribution in [1.29, 1.82) is 0 Å². The van der Waals surface area contributed by atoms with E-state index in [0.29, 0.717) is 11.5 Å². The lowest BCUT2D eigenvalue weighted by Gasteiger charge is -2.20. The maximum atomic E-state index is 13.1. The standard InChI is InChI=1S/C15H15FN2S/c1-18(10-11-4-2-6-13(16)8-11)14-7-3-5-12(9-14)15(17)19/h2-9H,10H2,1H3,(H2,17,19). The summed E-state index contributed by atoms with van der Waals surface area (Å²) in [5.41, 5.74) is 8.37. The summed E-state index contributed by atoms with van der Waals surface area (Å²) in [6.45, 7) is 0.624. The maximum Gasteiger partial charge on any atom is 0.123 e. The van der Waals surface area contributed by atoms with Gasteiger partial charge in [0.15, 0.2) is 0 Å². The summed E-state index contributed by atoms with van der Waals surface area (Å²) in [5.74, 6) is -0.220. The van der Waals surface area contributed by atoms with Crippen LogP contribution < -0.4 is 10.6 Å². The Hall–Kier alpha value is -1.94. The Balaban J connectivity index is 2.18. The van der Waals surface area contributed by atoms with Gasteiger partial charge in [0.05, 0.1) is 0 Å². The average molecular weight is 274 g/mol. The van der Waals surface area contributed by atoms with Gasteiger partial charge in [-0.2, -0.15) is 0 Å². The molecule has 0 saturated heterocycles. The molecule has 0 fully saturated rings. The predicted octanol–water partition coefficient (Wildman–Crippen LogP) is 3.10. The van der Waals surface area contributed by atoms with Crippen molar-refractivity contribution in [3.05, 3.63) is 65.5 Å². The first-order valence-corrected chi connectivity index (χ1v) is 6.32. The summed E-state index contributed by atoms with van der Waals surface area (Å²) >= 11 is 4.96. The van der Waals surface area contributed by atoms with Crippen LogP contribution in [-0.2, 0) is 6.54 Å². The van der Waals surface area contributed by atoms with Gasteiger partial charge in [0.25, 0.3) is 0 Å². The maximum absolute atomic E-state index is 13.1. The largest absolute Gasteiger partial charge is 0.389 e. The number of nitrogens with zero attached hydrogens (tertiary/aromatic N) is 1. The van der Waals surface area contributed by atoms with Gasteiger partial charge in [-0.1, -0.05) is 36.5 Å². The van der Waals surface area contributed by atoms with E-state index in [1.54, 1.807) is 6.07 Å². The fraction of sp³-hybridized carbons (Fsp3) is 0.133. The van der Waals surface area contributed by atoms with E-state index in [1.165, 1.54) is 12.1 Å². The molecule has 0 bridgehead atoms. The van der Waals surface area contributed by atoms with Crippen LogP contribution in [0.1, 0.15) is 11.1 Å². The Kier molecular flexibility index (Phi) is 4.12. The molecular formula is C15H15FN2S. The second kappa shape index (κ2) is 5.80. The van der Waals surface area contributed by atoms with E-state index in [9.17, 15) is 4.39 Å². The lowest BCUT2D eigenvalue weighted by atomic mass is 10.1. The Bertz CT molecular complexity index is 598. The molecule has 0 aromatic heterocycles. The Labute approximate surface area is 117 Å². The Morgan fingerprint density at radius 3 is 2.63 bits per heavy atom. The highest BCUT2D eigenvalue weighted by atomic mass is 32.1. The van der Waals surface area contributed by atoms with Gasteiger partial charge in [-0.15, -0.1) is 0 Å². The number of benzene rings is 2. The second-order valence-electron chi connectivity index (χ2n) is 4.40. The molecule has 0 aliphatic carbocycles. The third-order valence-corrected chi connectivity index (χ3v) is 3.12. The van der Waals surface area contributed by atoms with E-state index in [1.807, 2.05) is 42.3 Å². The lowest BCUT2D eigenvalue weighted by Crippen LogP contribution is -2.17. The molecule has 0 radical (unpaired) electrons. The first-order valence-electron chi connectivity index (χ1n) is 5.92. The van der Waals surface area contributed by atoms with E-state index < -0.39 is 0 Å². The summed E-state index contributed by atoms with van der Waals surface area (Å²) in [5, 5.41) is 0. The van der Waals surface area contributed by atoms with Crippen molar-refractivity contribution < 1.29 is 4.39 Å². The first-order chi connectivity index (χ1) is 9.06. The number of nitrogens with two attached hydrogens (primary N) is 1. The zero-order valence-corrected chi connectivity index (χ0v) is 11.5. The van der Waals surface area contributed by atoms with Crippen LogP contribution >= 0.6 is 12.2 Å². The molecule has 2 aromatic carbocycles. The van der Waals surface area contributed by atoms with Crippen molar-refractivity contribution in [1.82, 2.24) is 0 Å². The molecule has 0 saturated carbocycles. The van der Waals surface area contributed by atoms with Crippen LogP contribution in [0, 0.1) is 5.82 Å². The van der Waals surface area contributed by atoms with Crippen molar-refractivity contribution in [3.8, 4) is 0 Å². The van der Waals surface area contributed by atoms with Gasteiger partial charge < -0.3 is 10.6 Å². The van der Waals surface area contributed by atoms with Crippen LogP contribution in [0.15, 0.2) is 48.5 Å². The molecule has 2 aromatic rings. The second-order valence-corrected chi connectivity index (χ2v) is 4.84. The zero-order chi connectivity index (χ0) is 13.8. The lowest BCUT2D eigenvalue weighted by molar-refractivity contribution is 0.625. The molecule has 98 valence electrons. The average Bonchev–Trinajstić information content (AvgIpc) is 2.39. The first kappa shape index (κ1) is 13.5. The molecule has 0 atom stereocenters. The minimum absolute atomic E-state index is 0.220. The zero-order valence-electron chi connectivity index (χ0n) is 10.6. The smallest absolute Gasteiger partial charge is 0.123 e. The highest BCUT2D eigenvalue weighted by Crippen LogP contribution is 2.17. The molecule has 19 heavy (non-hydrogen) atoms. The topological polar surface area (TPSA) is 29.3 Å². The fourth-order valence-corrected chi connectivity index (χ4v) is 2.02. The highest BCUT2D eigenvalue weighted by Gasteiger charge is 2.05. The van der Waals surface area contributed by atoms with Crippen LogP contribution in [0.3, 0.4) is 0 Å². The van der Waals surface area contributed by atoms with Crippen molar-refractivity contribution >= 4 is 22.9 Å². The predicted molar refractivity (Wildman–Crippen MR) is 80.8 cm³/mol. The fourth-order valence-electron chi connectivity index (χ4n) is 1.90. The number of halogens is 1. The Morgan fingerprint density at radius 1 is 1.21 bits per heavy atom. The highest BCUT2D eigenvalue weighted by molar-refractivity contribution is 7.80. The molecule has 2 N–H and O–H groups in total. The molecule has 0 heterocycles. The molecule has 0 spiro atoms. The van der Waals surface area contributed by atoms with Gasteiger partial charge in [-0.25, -0.2) is 4.39 Å². The van der Waals surface area contributed by atoms with Gasteiger partial charge >= 0.3 is 0 Å². The van der Waals surface area contributed by atoms with E-state index in [2.05, 4.69) is 0 Å². The number of thiocarbonyl (C=S) groups is 1. The number of hydrogen-bond acceptors (Lipinski definition) is 2. The van der Waals surface area contributed by atoms with Crippen molar-refractivity contribution in [3.63, 3.8) is 0 Å². The summed E-state index contributed by atoms with van der Waals surface area (Å²) in [6.07, 6.45) is 0. The van der Waals surface area contributed by atoms with Crippen molar-refractivity contribution in [2.24, 2.45) is 5.73 Å². The van der Waals surface area contributed by atoms with Crippen LogP contribution in [0.2, 0.25) is 0 Å². The normalized spacial score (nSPS) is 10.2. The molecule has 2 rings (SSSR count). The van der Waals surface area contributed by atoms with Crippen LogP contribution in [0.25, 0.3) is 0 Å². The molecule has 0 amide bonds. The Morgan fingerprint density at radius 2 is 1.95 bits per heavy atom. The van der Waals surface area contributed by atoms with Gasteiger partial charge in [0.2, 0.25) is 0 Å². The molecule has 4 heteroatoms. The summed E-state index contributed by atoms with van der Waals surface area (Å²) in [6, 6.07) is 14.3. The van der Waals surface area contributed by atoms with Crippen LogP contribution in [0.5, 0.6) is 0 Å². The van der Waals surface area contributed by atoms with Crippen molar-refractivity contribution in [2.75, 3.05) is 11.9 Å². The van der Waals surface area contributed by atoms with E-state index >= 15 is 0 Å². The third-order valence-electron chi connectivity index (χ3n) is 2.88. The summed E-state index contributed by atoms with van der Waals surface area (Å²) < 4.78 is 13.1. The van der Waals surface area contributed by atoms with Crippen LogP contribution in [-0.4, -0.2) is 12.0 Å². The van der Waals surface area contributed by atoms with Gasteiger partial charge in [-0.3, -0.25) is 0 Å². The summed E-state index contributed by atoms with van der Waals surface area (Å²) in [4.78, 5) is 2.40. The number of anilines is 1. The van der Waals surface area contributed by atoms with Crippen molar-refractivity contribution in [2.45, 2.75) is 6.54 Å². The molecule has 2 nitrogen and oxygen atoms in total. The van der Waals surface area contributed by atoms with Gasteiger partial charge in [-0.05, 0) is 29.8 Å². The van der Waals surface area contributed by atoms with E-state index in [-0.39, 0.29) is 5.82 Å². The van der Waals surface area contributed by atoms with E-state index in [0.717, 1.165) is 16.8 Å². The number of rotatable bonds is 4. The minimum Gasteiger partial charge on any atom is -0.389 e. The molecular weight excluding hydrogens is 259 g/mol. The monoisotopic (exact) mass is 274 g/mol. The van der Waals surface area contributed by atoms with Crippen LogP contribution in [0.4, 0.5) is 10.1 Å². The number of hydrogen-bond donors (Lipinski definition) is 1. The molecule has 0 aliphatic rings. The third kappa shape index (κ3) is 3.51. The quantitative estimate of drug-likeness (QED) is 0.869. The minimum atomic E-state index is -0.220. The van der Waals surface area contributed by atoms with Gasteiger partial charge in [0.1, 0.15) is 10.8 Å². The summed E-state index contributed by atoms with van der Waals surface area (Å²) in [7, 11) is 1.95. The molecule has 0 aliphatic heterocycles. The molecule has 0 unspecified atom stereocenters.